The van der Waals surface area contributed by atoms with Crippen molar-refractivity contribution in [2.45, 2.75) is 26.2 Å². The lowest BCUT2D eigenvalue weighted by Gasteiger charge is -2.20. The number of allylic oxidation sites excluding steroid dienone is 4. The van der Waals surface area contributed by atoms with Crippen molar-refractivity contribution < 1.29 is 9.53 Å². The monoisotopic (exact) mass is 531 g/mol. The molecule has 1 heterocycles. The van der Waals surface area contributed by atoms with Crippen molar-refractivity contribution >= 4 is 51.2 Å². The second-order valence-corrected chi connectivity index (χ2v) is 10.0. The van der Waals surface area contributed by atoms with Gasteiger partial charge in [0.2, 0.25) is 5.91 Å². The minimum absolute atomic E-state index is 0.262. The van der Waals surface area contributed by atoms with E-state index in [1.807, 2.05) is 43.3 Å². The summed E-state index contributed by atoms with van der Waals surface area (Å²) in [6.45, 7) is 2.75. The van der Waals surface area contributed by atoms with Gasteiger partial charge in [0.05, 0.1) is 34.4 Å². The fraction of sp³-hybridized carbons (Fsp3) is 0.300. The highest BCUT2D eigenvalue weighted by atomic mass is 35.5. The first-order valence-corrected chi connectivity index (χ1v) is 13.1. The molecule has 0 saturated heterocycles. The van der Waals surface area contributed by atoms with E-state index in [0.29, 0.717) is 45.6 Å². The Morgan fingerprint density at radius 3 is 2.71 bits per heavy atom. The van der Waals surface area contributed by atoms with Crippen molar-refractivity contribution in [1.82, 2.24) is 14.9 Å². The van der Waals surface area contributed by atoms with Crippen LogP contribution in [0.1, 0.15) is 31.7 Å². The molecule has 0 spiro atoms. The summed E-state index contributed by atoms with van der Waals surface area (Å²) in [5, 5.41) is 7.19. The number of nitrogens with zero attached hydrogens (tertiary/aromatic N) is 3. The zero-order valence-corrected chi connectivity index (χ0v) is 23.0. The number of aromatic nitrogens is 2. The van der Waals surface area contributed by atoms with Crippen LogP contribution in [0, 0.1) is 5.92 Å². The Bertz CT molecular complexity index is 1390. The largest absolute Gasteiger partial charge is 0.495 e. The van der Waals surface area contributed by atoms with E-state index in [9.17, 15) is 4.79 Å². The van der Waals surface area contributed by atoms with Crippen LogP contribution in [-0.4, -0.2) is 48.5 Å². The van der Waals surface area contributed by atoms with Crippen LogP contribution < -0.4 is 15.4 Å². The predicted octanol–water partition coefficient (Wildman–Crippen LogP) is 6.85. The van der Waals surface area contributed by atoms with Crippen molar-refractivity contribution in [3.8, 4) is 5.75 Å². The van der Waals surface area contributed by atoms with Gasteiger partial charge in [0.25, 0.3) is 0 Å². The van der Waals surface area contributed by atoms with Crippen LogP contribution in [0.15, 0.2) is 67.0 Å². The normalized spacial score (nSPS) is 14.4. The number of halogens is 1. The van der Waals surface area contributed by atoms with Crippen LogP contribution in [0.25, 0.3) is 16.5 Å². The van der Waals surface area contributed by atoms with E-state index >= 15 is 0 Å². The Kier molecular flexibility index (Phi) is 9.15. The molecule has 1 fully saturated rings. The van der Waals surface area contributed by atoms with Crippen LogP contribution in [0.2, 0.25) is 5.02 Å². The molecular weight excluding hydrogens is 498 g/mol. The molecule has 1 aromatic heterocycles. The highest BCUT2D eigenvalue weighted by molar-refractivity contribution is 6.39. The molecule has 0 radical (unpaired) electrons. The number of nitrogens with one attached hydrogen (secondary N) is 2. The van der Waals surface area contributed by atoms with Gasteiger partial charge in [-0.25, -0.2) is 9.97 Å². The second kappa shape index (κ2) is 12.7. The maximum Gasteiger partial charge on any atom is 0.248 e. The summed E-state index contributed by atoms with van der Waals surface area (Å²) in [6.07, 6.45) is 15.3. The molecule has 1 aliphatic carbocycles. The highest BCUT2D eigenvalue weighted by Gasteiger charge is 2.16. The molecule has 8 heteroatoms. The third kappa shape index (κ3) is 6.79. The summed E-state index contributed by atoms with van der Waals surface area (Å²) < 4.78 is 5.62. The molecule has 1 saturated carbocycles. The summed E-state index contributed by atoms with van der Waals surface area (Å²) in [5.41, 5.74) is 4.09. The first kappa shape index (κ1) is 27.4. The molecule has 1 aliphatic rings. The van der Waals surface area contributed by atoms with Gasteiger partial charge in [-0.15, -0.1) is 0 Å². The number of hydrogen-bond acceptors (Lipinski definition) is 6. The van der Waals surface area contributed by atoms with E-state index < -0.39 is 0 Å². The van der Waals surface area contributed by atoms with Gasteiger partial charge in [-0.3, -0.25) is 4.79 Å². The van der Waals surface area contributed by atoms with Crippen molar-refractivity contribution in [3.63, 3.8) is 0 Å². The van der Waals surface area contributed by atoms with Crippen LogP contribution in [0.5, 0.6) is 5.75 Å². The number of methoxy groups -OCH3 is 1. The standard InChI is InChI=1S/C30H34ClN5O2/c1-20(8-5-9-21-10-6-11-21)22-13-16-26(38-4)25(18-22)35-30-28-23(32-19-33-30)14-15-24(29(28)31)34-27(37)12-7-17-36(2)3/h5,7-9,12-16,18-19,21H,6,10-11,17H2,1-4H3,(H,34,37)(H,32,33,35)/b9-5-,12-7+,20-8+. The summed E-state index contributed by atoms with van der Waals surface area (Å²) in [7, 11) is 5.51. The third-order valence-corrected chi connectivity index (χ3v) is 6.92. The van der Waals surface area contributed by atoms with Gasteiger partial charge in [-0.1, -0.05) is 48.4 Å². The fourth-order valence-corrected chi connectivity index (χ4v) is 4.41. The van der Waals surface area contributed by atoms with E-state index in [-0.39, 0.29) is 5.91 Å². The summed E-state index contributed by atoms with van der Waals surface area (Å²) in [4.78, 5) is 23.2. The van der Waals surface area contributed by atoms with Gasteiger partial charge in [-0.05, 0) is 75.2 Å². The van der Waals surface area contributed by atoms with Crippen molar-refractivity contribution in [1.29, 1.82) is 0 Å². The Labute approximate surface area is 229 Å². The Morgan fingerprint density at radius 1 is 1.18 bits per heavy atom. The first-order valence-electron chi connectivity index (χ1n) is 12.7. The van der Waals surface area contributed by atoms with Gasteiger partial charge in [0, 0.05) is 12.6 Å². The number of likely N-dealkylation sites (N-methyl/N-ethyl adjacent to an activating group) is 1. The molecule has 1 amide bonds. The minimum Gasteiger partial charge on any atom is -0.495 e. The molecule has 7 nitrogen and oxygen atoms in total. The molecule has 38 heavy (non-hydrogen) atoms. The Hall–Kier alpha value is -3.68. The molecule has 4 rings (SSSR count). The van der Waals surface area contributed by atoms with Crippen LogP contribution in [-0.2, 0) is 4.79 Å². The smallest absolute Gasteiger partial charge is 0.248 e. The van der Waals surface area contributed by atoms with E-state index in [1.165, 1.54) is 31.7 Å². The third-order valence-electron chi connectivity index (χ3n) is 6.53. The number of hydrogen-bond donors (Lipinski definition) is 2. The molecular formula is C30H34ClN5O2. The van der Waals surface area contributed by atoms with Gasteiger partial charge >= 0.3 is 0 Å². The number of amides is 1. The lowest BCUT2D eigenvalue weighted by Crippen LogP contribution is -2.13. The molecule has 198 valence electrons. The van der Waals surface area contributed by atoms with Crippen molar-refractivity contribution in [2.24, 2.45) is 5.92 Å². The molecule has 0 aliphatic heterocycles. The minimum atomic E-state index is -0.262. The first-order chi connectivity index (χ1) is 18.4. The van der Waals surface area contributed by atoms with Crippen LogP contribution in [0.3, 0.4) is 0 Å². The Morgan fingerprint density at radius 2 is 2.00 bits per heavy atom. The lowest BCUT2D eigenvalue weighted by molar-refractivity contribution is -0.111. The maximum atomic E-state index is 12.4. The van der Waals surface area contributed by atoms with E-state index in [1.54, 1.807) is 19.3 Å². The fourth-order valence-electron chi connectivity index (χ4n) is 4.11. The quantitative estimate of drug-likeness (QED) is 0.220. The number of ether oxygens (including phenoxy) is 1. The molecule has 3 aromatic rings. The van der Waals surface area contributed by atoms with E-state index in [2.05, 4.69) is 45.8 Å². The van der Waals surface area contributed by atoms with Crippen molar-refractivity contribution in [2.75, 3.05) is 38.4 Å². The summed E-state index contributed by atoms with van der Waals surface area (Å²) in [6, 6.07) is 9.55. The molecule has 0 atom stereocenters. The maximum absolute atomic E-state index is 12.4. The zero-order chi connectivity index (χ0) is 27.1. The second-order valence-electron chi connectivity index (χ2n) is 9.66. The SMILES string of the molecule is COc1ccc(/C(C)=C/C=C\C2CCC2)cc1Nc1ncnc2ccc(NC(=O)/C=C/CN(C)C)c(Cl)c12. The van der Waals surface area contributed by atoms with Gasteiger partial charge in [-0.2, -0.15) is 0 Å². The molecule has 2 aromatic carbocycles. The number of rotatable bonds is 10. The number of anilines is 3. The number of carbonyl (C=O) groups excluding carboxylic acids is 1. The predicted molar refractivity (Wildman–Crippen MR) is 157 cm³/mol. The molecule has 0 bridgehead atoms. The zero-order valence-electron chi connectivity index (χ0n) is 22.3. The van der Waals surface area contributed by atoms with Gasteiger partial charge < -0.3 is 20.3 Å². The number of benzene rings is 2. The summed E-state index contributed by atoms with van der Waals surface area (Å²) >= 11 is 6.78. The van der Waals surface area contributed by atoms with Crippen LogP contribution >= 0.6 is 11.6 Å². The Balaban J connectivity index is 1.62. The molecule has 2 N–H and O–H groups in total. The van der Waals surface area contributed by atoms with E-state index in [4.69, 9.17) is 16.3 Å². The lowest BCUT2D eigenvalue weighted by atomic mass is 9.85. The molecule has 0 unspecified atom stereocenters. The van der Waals surface area contributed by atoms with Gasteiger partial charge in [0.15, 0.2) is 0 Å². The van der Waals surface area contributed by atoms with E-state index in [0.717, 1.165) is 16.8 Å². The van der Waals surface area contributed by atoms with Gasteiger partial charge in [0.1, 0.15) is 17.9 Å². The number of fused-ring (bicyclic) bond motifs is 1. The van der Waals surface area contributed by atoms with Crippen LogP contribution in [0.4, 0.5) is 17.2 Å². The average Bonchev–Trinajstić information content (AvgIpc) is 2.87. The van der Waals surface area contributed by atoms with Crippen molar-refractivity contribution in [3.05, 3.63) is 77.6 Å². The highest BCUT2D eigenvalue weighted by Crippen LogP contribution is 2.37. The average molecular weight is 532 g/mol. The topological polar surface area (TPSA) is 79.4 Å². The number of carbonyl (C=O) groups is 1. The summed E-state index contributed by atoms with van der Waals surface area (Å²) in [5.74, 6) is 1.64.